The molecule has 90 valence electrons. The van der Waals surface area contributed by atoms with Crippen LogP contribution in [0.3, 0.4) is 0 Å². The van der Waals surface area contributed by atoms with E-state index < -0.39 is 0 Å². The van der Waals surface area contributed by atoms with Gasteiger partial charge < -0.3 is 0 Å². The second kappa shape index (κ2) is 6.41. The summed E-state index contributed by atoms with van der Waals surface area (Å²) in [4.78, 5) is 2.61. The molecule has 0 saturated carbocycles. The fourth-order valence-electron chi connectivity index (χ4n) is 1.69. The molecule has 0 radical (unpaired) electrons. The summed E-state index contributed by atoms with van der Waals surface area (Å²) in [6.45, 7) is 14.1. The Bertz CT molecular complexity index is 469. The van der Waals surface area contributed by atoms with Crippen LogP contribution in [0.1, 0.15) is 36.9 Å². The van der Waals surface area contributed by atoms with E-state index in [9.17, 15) is 0 Å². The molecule has 0 N–H and O–H groups in total. The standard InChI is InChI=1S/C16H20S/c1-6-8-9-13(5)14(7-2)16-11-10-15(17-16)12(3)4/h6,8-11H,1,3,7H2,2,4-5H3/b9-8-,14-13+. The molecule has 17 heavy (non-hydrogen) atoms. The topological polar surface area (TPSA) is 0 Å². The van der Waals surface area contributed by atoms with Gasteiger partial charge >= 0.3 is 0 Å². The van der Waals surface area contributed by atoms with E-state index in [1.807, 2.05) is 23.5 Å². The first kappa shape index (κ1) is 13.7. The quantitative estimate of drug-likeness (QED) is 0.582. The molecule has 0 nitrogen and oxygen atoms in total. The molecule has 1 aromatic rings. The predicted molar refractivity (Wildman–Crippen MR) is 81.2 cm³/mol. The number of rotatable bonds is 5. The average Bonchev–Trinajstić information content (AvgIpc) is 2.77. The van der Waals surface area contributed by atoms with Crippen molar-refractivity contribution in [1.82, 2.24) is 0 Å². The molecule has 0 saturated heterocycles. The van der Waals surface area contributed by atoms with Gasteiger partial charge in [-0.3, -0.25) is 0 Å². The van der Waals surface area contributed by atoms with Gasteiger partial charge in [0.15, 0.2) is 0 Å². The van der Waals surface area contributed by atoms with E-state index in [0.29, 0.717) is 0 Å². The van der Waals surface area contributed by atoms with E-state index in [4.69, 9.17) is 0 Å². The summed E-state index contributed by atoms with van der Waals surface area (Å²) >= 11 is 1.82. The molecule has 1 rings (SSSR count). The van der Waals surface area contributed by atoms with Crippen LogP contribution >= 0.6 is 11.3 Å². The molecular formula is C16H20S. The van der Waals surface area contributed by atoms with Gasteiger partial charge in [-0.05, 0) is 49.1 Å². The lowest BCUT2D eigenvalue weighted by atomic mass is 10.0. The molecular weight excluding hydrogens is 224 g/mol. The van der Waals surface area contributed by atoms with Crippen LogP contribution in [0.15, 0.2) is 49.1 Å². The Morgan fingerprint density at radius 2 is 1.94 bits per heavy atom. The van der Waals surface area contributed by atoms with E-state index in [-0.39, 0.29) is 0 Å². The zero-order valence-corrected chi connectivity index (χ0v) is 11.7. The normalized spacial score (nSPS) is 12.6. The third-order valence-electron chi connectivity index (χ3n) is 2.64. The Labute approximate surface area is 109 Å². The van der Waals surface area contributed by atoms with Crippen molar-refractivity contribution in [3.8, 4) is 0 Å². The minimum Gasteiger partial charge on any atom is -0.136 e. The summed E-state index contributed by atoms with van der Waals surface area (Å²) < 4.78 is 0. The summed E-state index contributed by atoms with van der Waals surface area (Å²) in [5.41, 5.74) is 3.85. The van der Waals surface area contributed by atoms with Crippen molar-refractivity contribution in [3.05, 3.63) is 58.8 Å². The fraction of sp³-hybridized carbons (Fsp3) is 0.250. The molecule has 0 fully saturated rings. The van der Waals surface area contributed by atoms with Crippen molar-refractivity contribution < 1.29 is 0 Å². The van der Waals surface area contributed by atoms with Gasteiger partial charge in [-0.2, -0.15) is 0 Å². The minimum atomic E-state index is 1.05. The lowest BCUT2D eigenvalue weighted by Gasteiger charge is -2.04. The van der Waals surface area contributed by atoms with Crippen LogP contribution in [0.25, 0.3) is 11.1 Å². The van der Waals surface area contributed by atoms with Gasteiger partial charge in [-0.1, -0.05) is 38.3 Å². The van der Waals surface area contributed by atoms with Crippen molar-refractivity contribution in [3.63, 3.8) is 0 Å². The largest absolute Gasteiger partial charge is 0.136 e. The molecule has 0 aromatic carbocycles. The number of hydrogen-bond acceptors (Lipinski definition) is 1. The molecule has 0 spiro atoms. The highest BCUT2D eigenvalue weighted by atomic mass is 32.1. The summed E-state index contributed by atoms with van der Waals surface area (Å²) in [6, 6.07) is 4.35. The maximum atomic E-state index is 3.99. The SMILES string of the molecule is C=C/C=C\C(C)=C(/CC)c1ccc(C(=C)C)s1. The van der Waals surface area contributed by atoms with Crippen LogP contribution in [-0.2, 0) is 0 Å². The van der Waals surface area contributed by atoms with Crippen LogP contribution in [0, 0.1) is 0 Å². The molecule has 0 bridgehead atoms. The van der Waals surface area contributed by atoms with Gasteiger partial charge in [-0.15, -0.1) is 11.3 Å². The Hall–Kier alpha value is -1.34. The highest BCUT2D eigenvalue weighted by Gasteiger charge is 2.06. The zero-order valence-electron chi connectivity index (χ0n) is 10.9. The molecule has 1 heterocycles. The number of hydrogen-bond donors (Lipinski definition) is 0. The highest BCUT2D eigenvalue weighted by molar-refractivity contribution is 7.14. The monoisotopic (exact) mass is 244 g/mol. The predicted octanol–water partition coefficient (Wildman–Crippen LogP) is 5.71. The first-order valence-electron chi connectivity index (χ1n) is 5.85. The number of thiophene rings is 1. The van der Waals surface area contributed by atoms with Gasteiger partial charge in [-0.25, -0.2) is 0 Å². The van der Waals surface area contributed by atoms with Crippen LogP contribution in [-0.4, -0.2) is 0 Å². The highest BCUT2D eigenvalue weighted by Crippen LogP contribution is 2.31. The Kier molecular flexibility index (Phi) is 5.17. The van der Waals surface area contributed by atoms with Gasteiger partial charge in [0.2, 0.25) is 0 Å². The fourth-order valence-corrected chi connectivity index (χ4v) is 2.80. The van der Waals surface area contributed by atoms with Gasteiger partial charge in [0, 0.05) is 9.75 Å². The van der Waals surface area contributed by atoms with E-state index in [0.717, 1.165) is 12.0 Å². The molecule has 0 unspecified atom stereocenters. The molecule has 1 aromatic heterocycles. The van der Waals surface area contributed by atoms with Crippen molar-refractivity contribution >= 4 is 22.5 Å². The molecule has 0 aliphatic carbocycles. The third-order valence-corrected chi connectivity index (χ3v) is 3.94. The lowest BCUT2D eigenvalue weighted by Crippen LogP contribution is -1.82. The summed E-state index contributed by atoms with van der Waals surface area (Å²) in [5.74, 6) is 0. The van der Waals surface area contributed by atoms with Crippen molar-refractivity contribution in [1.29, 1.82) is 0 Å². The smallest absolute Gasteiger partial charge is 0.0311 e. The van der Waals surface area contributed by atoms with E-state index in [1.54, 1.807) is 0 Å². The van der Waals surface area contributed by atoms with E-state index in [1.165, 1.54) is 20.9 Å². The molecule has 0 aliphatic rings. The second-order valence-corrected chi connectivity index (χ2v) is 5.14. The van der Waals surface area contributed by atoms with Crippen LogP contribution < -0.4 is 0 Å². The molecule has 1 heteroatoms. The van der Waals surface area contributed by atoms with Crippen LogP contribution in [0.2, 0.25) is 0 Å². The maximum absolute atomic E-state index is 3.99. The zero-order chi connectivity index (χ0) is 12.8. The van der Waals surface area contributed by atoms with Crippen molar-refractivity contribution in [2.75, 3.05) is 0 Å². The first-order chi connectivity index (χ1) is 8.10. The van der Waals surface area contributed by atoms with Crippen molar-refractivity contribution in [2.45, 2.75) is 27.2 Å². The summed E-state index contributed by atoms with van der Waals surface area (Å²) in [6.07, 6.45) is 6.96. The summed E-state index contributed by atoms with van der Waals surface area (Å²) in [5, 5.41) is 0. The molecule has 0 aliphatic heterocycles. The Morgan fingerprint density at radius 1 is 1.29 bits per heavy atom. The molecule has 0 atom stereocenters. The lowest BCUT2D eigenvalue weighted by molar-refractivity contribution is 1.23. The average molecular weight is 244 g/mol. The van der Waals surface area contributed by atoms with E-state index in [2.05, 4.69) is 52.1 Å². The first-order valence-corrected chi connectivity index (χ1v) is 6.66. The summed E-state index contributed by atoms with van der Waals surface area (Å²) in [7, 11) is 0. The van der Waals surface area contributed by atoms with Crippen LogP contribution in [0.4, 0.5) is 0 Å². The van der Waals surface area contributed by atoms with Gasteiger partial charge in [0.05, 0.1) is 0 Å². The molecule has 0 amide bonds. The van der Waals surface area contributed by atoms with E-state index >= 15 is 0 Å². The van der Waals surface area contributed by atoms with Crippen molar-refractivity contribution in [2.24, 2.45) is 0 Å². The Morgan fingerprint density at radius 3 is 2.41 bits per heavy atom. The number of allylic oxidation sites excluding steroid dienone is 6. The third kappa shape index (κ3) is 3.57. The van der Waals surface area contributed by atoms with Gasteiger partial charge in [0.1, 0.15) is 0 Å². The Balaban J connectivity index is 3.12. The second-order valence-electron chi connectivity index (χ2n) is 4.05. The van der Waals surface area contributed by atoms with Gasteiger partial charge in [0.25, 0.3) is 0 Å². The minimum absolute atomic E-state index is 1.05. The maximum Gasteiger partial charge on any atom is 0.0311 e. The van der Waals surface area contributed by atoms with Crippen LogP contribution in [0.5, 0.6) is 0 Å².